The highest BCUT2D eigenvalue weighted by atomic mass is 32.2. The fourth-order valence-electron chi connectivity index (χ4n) is 0.563. The third-order valence-corrected chi connectivity index (χ3v) is 1.61. The van der Waals surface area contributed by atoms with Crippen LogP contribution in [0, 0.1) is 0 Å². The zero-order valence-corrected chi connectivity index (χ0v) is 7.83. The first kappa shape index (κ1) is 12.8. The number of aliphatic hydroxyl groups excluding tert-OH is 1. The summed E-state index contributed by atoms with van der Waals surface area (Å²) in [5.74, 6) is 0. The van der Waals surface area contributed by atoms with Gasteiger partial charge in [0.15, 0.2) is 0 Å². The molecule has 0 aromatic heterocycles. The quantitative estimate of drug-likeness (QED) is 0.279. The van der Waals surface area contributed by atoms with Crippen LogP contribution in [-0.4, -0.2) is 50.5 Å². The Kier molecular flexibility index (Phi) is 6.12. The molecule has 0 fully saturated rings. The minimum atomic E-state index is -4.24. The fraction of sp³-hybridized carbons (Fsp3) is 1.00. The molecular weight excluding hydrogens is 200 g/mol. The van der Waals surface area contributed by atoms with Crippen molar-refractivity contribution in [3.05, 3.63) is 0 Å². The van der Waals surface area contributed by atoms with E-state index in [1.54, 1.807) is 4.72 Å². The molecule has 5 N–H and O–H groups in total. The van der Waals surface area contributed by atoms with Crippen molar-refractivity contribution in [1.29, 1.82) is 0 Å². The highest BCUT2D eigenvalue weighted by Gasteiger charge is 2.08. The van der Waals surface area contributed by atoms with Crippen molar-refractivity contribution < 1.29 is 22.8 Å². The maximum absolute atomic E-state index is 10.1. The van der Waals surface area contributed by atoms with Crippen LogP contribution in [0.4, 0.5) is 0 Å². The molecule has 0 radical (unpaired) electrons. The lowest BCUT2D eigenvalue weighted by Gasteiger charge is -2.09. The Bertz CT molecular complexity index is 217. The van der Waals surface area contributed by atoms with Gasteiger partial charge in [-0.05, 0) is 0 Å². The van der Waals surface area contributed by atoms with E-state index >= 15 is 0 Å². The largest absolute Gasteiger partial charge is 0.389 e. The summed E-state index contributed by atoms with van der Waals surface area (Å²) in [6, 6.07) is 0. The molecule has 0 aliphatic carbocycles. The van der Waals surface area contributed by atoms with Gasteiger partial charge in [-0.15, -0.1) is 0 Å². The first-order valence-corrected chi connectivity index (χ1v) is 5.07. The van der Waals surface area contributed by atoms with Gasteiger partial charge in [0.1, 0.15) is 0 Å². The van der Waals surface area contributed by atoms with Crippen molar-refractivity contribution in [3.8, 4) is 0 Å². The van der Waals surface area contributed by atoms with E-state index in [1.807, 2.05) is 0 Å². The van der Waals surface area contributed by atoms with E-state index in [-0.39, 0.29) is 13.2 Å². The molecule has 1 atom stereocenters. The van der Waals surface area contributed by atoms with Crippen molar-refractivity contribution in [2.45, 2.75) is 6.10 Å². The molecule has 0 amide bonds. The van der Waals surface area contributed by atoms with Crippen LogP contribution in [0.2, 0.25) is 0 Å². The third kappa shape index (κ3) is 9.67. The Balaban J connectivity index is 3.46. The molecule has 0 aliphatic rings. The summed E-state index contributed by atoms with van der Waals surface area (Å²) in [6.07, 6.45) is -0.992. The molecule has 0 spiro atoms. The van der Waals surface area contributed by atoms with Gasteiger partial charge >= 0.3 is 10.3 Å². The van der Waals surface area contributed by atoms with Gasteiger partial charge in [0, 0.05) is 13.1 Å². The monoisotopic (exact) mass is 214 g/mol. The predicted octanol–water partition coefficient (Wildman–Crippen LogP) is -2.28. The molecule has 0 saturated carbocycles. The summed E-state index contributed by atoms with van der Waals surface area (Å²) in [6.45, 7) is 0.310. The zero-order chi connectivity index (χ0) is 10.3. The van der Waals surface area contributed by atoms with Gasteiger partial charge in [0.25, 0.3) is 0 Å². The smallest absolute Gasteiger partial charge is 0.333 e. The predicted molar refractivity (Wildman–Crippen MR) is 45.4 cm³/mol. The average molecular weight is 214 g/mol. The lowest BCUT2D eigenvalue weighted by molar-refractivity contribution is 0.0428. The number of hydrogen-bond acceptors (Lipinski definition) is 5. The third-order valence-electron chi connectivity index (χ3n) is 1.07. The number of hydrogen-bond donors (Lipinski definition) is 4. The van der Waals surface area contributed by atoms with Crippen molar-refractivity contribution >= 4 is 10.3 Å². The van der Waals surface area contributed by atoms with Crippen LogP contribution in [0.3, 0.4) is 0 Å². The first-order valence-electron chi connectivity index (χ1n) is 3.63. The average Bonchev–Trinajstić information content (AvgIpc) is 2.00. The van der Waals surface area contributed by atoms with Crippen LogP contribution in [0.1, 0.15) is 0 Å². The number of aliphatic hydroxyl groups is 1. The number of rotatable bonds is 7. The minimum Gasteiger partial charge on any atom is -0.389 e. The summed E-state index contributed by atoms with van der Waals surface area (Å²) < 4.78 is 35.0. The summed E-state index contributed by atoms with van der Waals surface area (Å²) >= 11 is 0. The molecule has 0 rings (SSSR count). The molecule has 0 aliphatic heterocycles. The fourth-order valence-corrected chi connectivity index (χ4v) is 0.966. The molecule has 13 heavy (non-hydrogen) atoms. The second-order valence-electron chi connectivity index (χ2n) is 2.34. The van der Waals surface area contributed by atoms with Gasteiger partial charge in [-0.25, -0.2) is 0 Å². The molecule has 7 nitrogen and oxygen atoms in total. The van der Waals surface area contributed by atoms with Crippen molar-refractivity contribution in [3.63, 3.8) is 0 Å². The van der Waals surface area contributed by atoms with Gasteiger partial charge in [-0.2, -0.15) is 13.1 Å². The van der Waals surface area contributed by atoms with Crippen molar-refractivity contribution in [1.82, 2.24) is 4.72 Å². The van der Waals surface area contributed by atoms with E-state index in [9.17, 15) is 8.42 Å². The molecule has 80 valence electrons. The number of nitrogens with one attached hydrogen (secondary N) is 1. The van der Waals surface area contributed by atoms with Crippen LogP contribution in [0.15, 0.2) is 0 Å². The number of ether oxygens (including phenoxy) is 1. The van der Waals surface area contributed by atoms with Gasteiger partial charge in [-0.1, -0.05) is 0 Å². The normalized spacial score (nSPS) is 14.4. The lowest BCUT2D eigenvalue weighted by atomic mass is 10.4. The Morgan fingerprint density at radius 2 is 2.15 bits per heavy atom. The van der Waals surface area contributed by atoms with E-state index in [1.165, 1.54) is 0 Å². The number of nitrogens with two attached hydrogens (primary N) is 1. The molecule has 0 aromatic rings. The first-order chi connectivity index (χ1) is 5.95. The Hall–Kier alpha value is -0.250. The molecule has 0 heterocycles. The van der Waals surface area contributed by atoms with Crippen molar-refractivity contribution in [2.75, 3.05) is 26.3 Å². The maximum atomic E-state index is 10.1. The Morgan fingerprint density at radius 1 is 1.54 bits per heavy atom. The minimum absolute atomic E-state index is 0.0281. The van der Waals surface area contributed by atoms with E-state index in [0.717, 1.165) is 0 Å². The standard InChI is InChI=1S/C5H14N2O5S/c6-1-2-12-4-5(8)3-7-13(9,10)11/h5,7-8H,1-4,6H2,(H,9,10,11). The molecule has 0 bridgehead atoms. The topological polar surface area (TPSA) is 122 Å². The van der Waals surface area contributed by atoms with Gasteiger partial charge in [0.2, 0.25) is 0 Å². The summed E-state index contributed by atoms with van der Waals surface area (Å²) in [7, 11) is -4.24. The maximum Gasteiger partial charge on any atom is 0.333 e. The molecular formula is C5H14N2O5S. The van der Waals surface area contributed by atoms with E-state index < -0.39 is 16.4 Å². The van der Waals surface area contributed by atoms with Crippen LogP contribution < -0.4 is 10.5 Å². The zero-order valence-electron chi connectivity index (χ0n) is 7.01. The molecule has 0 aromatic carbocycles. The highest BCUT2D eigenvalue weighted by molar-refractivity contribution is 7.83. The second kappa shape index (κ2) is 6.24. The SMILES string of the molecule is NCCOCC(O)CNS(=O)(=O)O. The summed E-state index contributed by atoms with van der Waals surface area (Å²) in [5, 5.41) is 9.04. The van der Waals surface area contributed by atoms with E-state index in [0.29, 0.717) is 13.2 Å². The Morgan fingerprint density at radius 3 is 2.62 bits per heavy atom. The van der Waals surface area contributed by atoms with Gasteiger partial charge in [-0.3, -0.25) is 4.55 Å². The van der Waals surface area contributed by atoms with Crippen LogP contribution in [-0.2, 0) is 15.0 Å². The van der Waals surface area contributed by atoms with E-state index in [4.69, 9.17) is 20.1 Å². The van der Waals surface area contributed by atoms with Crippen molar-refractivity contribution in [2.24, 2.45) is 5.73 Å². The van der Waals surface area contributed by atoms with Crippen LogP contribution >= 0.6 is 0 Å². The molecule has 1 unspecified atom stereocenters. The molecule has 8 heteroatoms. The van der Waals surface area contributed by atoms with Gasteiger partial charge < -0.3 is 15.6 Å². The highest BCUT2D eigenvalue weighted by Crippen LogP contribution is 1.84. The van der Waals surface area contributed by atoms with Crippen LogP contribution in [0.5, 0.6) is 0 Å². The van der Waals surface area contributed by atoms with Crippen LogP contribution in [0.25, 0.3) is 0 Å². The lowest BCUT2D eigenvalue weighted by Crippen LogP contribution is -2.34. The summed E-state index contributed by atoms with van der Waals surface area (Å²) in [4.78, 5) is 0. The summed E-state index contributed by atoms with van der Waals surface area (Å²) in [5.41, 5.74) is 5.10. The second-order valence-corrected chi connectivity index (χ2v) is 3.58. The Labute approximate surface area is 76.8 Å². The molecule has 0 saturated heterocycles. The van der Waals surface area contributed by atoms with Gasteiger partial charge in [0.05, 0.1) is 19.3 Å². The van der Waals surface area contributed by atoms with E-state index in [2.05, 4.69) is 0 Å².